The van der Waals surface area contributed by atoms with Crippen LogP contribution in [0.1, 0.15) is 48.8 Å². The summed E-state index contributed by atoms with van der Waals surface area (Å²) in [5.74, 6) is 0.492. The van der Waals surface area contributed by atoms with Gasteiger partial charge in [-0.05, 0) is 117 Å². The van der Waals surface area contributed by atoms with Gasteiger partial charge >= 0.3 is 0 Å². The number of aryl methyl sites for hydroxylation is 1. The zero-order chi connectivity index (χ0) is 34.4. The van der Waals surface area contributed by atoms with E-state index in [4.69, 9.17) is 5.73 Å². The van der Waals surface area contributed by atoms with Gasteiger partial charge in [0.25, 0.3) is 0 Å². The van der Waals surface area contributed by atoms with E-state index < -0.39 is 16.1 Å². The van der Waals surface area contributed by atoms with E-state index in [2.05, 4.69) is 42.3 Å². The molecule has 2 atom stereocenters. The van der Waals surface area contributed by atoms with Crippen molar-refractivity contribution >= 4 is 33.4 Å². The molecule has 2 fully saturated rings. The number of hydrogen-bond acceptors (Lipinski definition) is 10. The van der Waals surface area contributed by atoms with Gasteiger partial charge in [-0.3, -0.25) is 15.0 Å². The largest absolute Gasteiger partial charge is 0.344 e. The van der Waals surface area contributed by atoms with Crippen molar-refractivity contribution in [2.24, 2.45) is 22.7 Å². The van der Waals surface area contributed by atoms with Crippen molar-refractivity contribution < 1.29 is 18.0 Å². The van der Waals surface area contributed by atoms with Gasteiger partial charge in [0, 0.05) is 36.2 Å². The quantitative estimate of drug-likeness (QED) is 0.141. The molecule has 1 aliphatic carbocycles. The predicted octanol–water partition coefficient (Wildman–Crippen LogP) is 2.01. The van der Waals surface area contributed by atoms with Crippen LogP contribution in [0.25, 0.3) is 11.1 Å². The van der Waals surface area contributed by atoms with Crippen molar-refractivity contribution in [3.05, 3.63) is 83.4 Å². The fraction of sp³-hybridized carbons (Fsp3) is 0.400. The molecule has 2 unspecified atom stereocenters. The zero-order valence-corrected chi connectivity index (χ0v) is 28.4. The van der Waals surface area contributed by atoms with E-state index in [1.54, 1.807) is 24.3 Å². The minimum Gasteiger partial charge on any atom is -0.344 e. The lowest BCUT2D eigenvalue weighted by atomic mass is 9.81. The first-order valence-corrected chi connectivity index (χ1v) is 18.4. The zero-order valence-electron chi connectivity index (χ0n) is 27.6. The summed E-state index contributed by atoms with van der Waals surface area (Å²) in [5, 5.41) is 13.3. The highest BCUT2D eigenvalue weighted by Crippen LogP contribution is 2.29. The first kappa shape index (κ1) is 34.5. The molecule has 6 rings (SSSR count). The fourth-order valence-corrected chi connectivity index (χ4v) is 8.02. The molecule has 0 bridgehead atoms. The molecule has 3 aliphatic rings. The molecule has 3 aromatic carbocycles. The number of hydrazone groups is 1. The van der Waals surface area contributed by atoms with Crippen LogP contribution in [0.15, 0.2) is 76.7 Å². The molecule has 2 aliphatic heterocycles. The molecule has 14 heteroatoms. The fourth-order valence-electron chi connectivity index (χ4n) is 6.66. The van der Waals surface area contributed by atoms with Crippen LogP contribution in [0.4, 0.5) is 5.69 Å². The number of nitrogens with one attached hydrogen (secondary N) is 7. The van der Waals surface area contributed by atoms with Gasteiger partial charge in [-0.2, -0.15) is 0 Å². The Morgan fingerprint density at radius 1 is 0.959 bits per heavy atom. The number of rotatable bonds is 12. The first-order valence-electron chi connectivity index (χ1n) is 16.9. The lowest BCUT2D eigenvalue weighted by Crippen LogP contribution is -2.48. The molecular weight excluding hydrogens is 643 g/mol. The van der Waals surface area contributed by atoms with Crippen LogP contribution < -0.4 is 42.9 Å². The van der Waals surface area contributed by atoms with Crippen LogP contribution in [-0.4, -0.2) is 57.8 Å². The van der Waals surface area contributed by atoms with Crippen molar-refractivity contribution in [2.75, 3.05) is 25.0 Å². The Kier molecular flexibility index (Phi) is 10.9. The highest BCUT2D eigenvalue weighted by molar-refractivity contribution is 7.89. The summed E-state index contributed by atoms with van der Waals surface area (Å²) >= 11 is 0. The summed E-state index contributed by atoms with van der Waals surface area (Å²) in [6.45, 7) is 3.95. The average Bonchev–Trinajstić information content (AvgIpc) is 3.84. The molecule has 13 nitrogen and oxygen atoms in total. The Balaban J connectivity index is 1.15. The van der Waals surface area contributed by atoms with Gasteiger partial charge in [-0.25, -0.2) is 18.7 Å². The number of sulfonamides is 1. The number of nitrogens with two attached hydrogens (primary N) is 1. The highest BCUT2D eigenvalue weighted by atomic mass is 32.2. The van der Waals surface area contributed by atoms with Crippen molar-refractivity contribution in [3.8, 4) is 11.1 Å². The minimum absolute atomic E-state index is 0.106. The number of carbonyl (C=O) groups is 2. The summed E-state index contributed by atoms with van der Waals surface area (Å²) in [5.41, 5.74) is 19.1. The number of carbonyl (C=O) groups excluding carboxylic acids is 2. The second-order valence-electron chi connectivity index (χ2n) is 13.1. The van der Waals surface area contributed by atoms with Crippen molar-refractivity contribution in [2.45, 2.75) is 62.4 Å². The van der Waals surface area contributed by atoms with Crippen molar-refractivity contribution in [1.29, 1.82) is 0 Å². The van der Waals surface area contributed by atoms with Gasteiger partial charge in [0.1, 0.15) is 6.04 Å². The average molecular weight is 688 g/mol. The second kappa shape index (κ2) is 15.5. The topological polar surface area (TPSA) is 191 Å². The SMILES string of the molecule is Cc1cc(S(=O)(=O)NC2CCNC2)ccc1-c1ccc(CC(NC(=O)C2CCC(CN)CC2)C(=O)Nc2ccc(C3=NNNN3)cc2)cc1. The van der Waals surface area contributed by atoms with Crippen LogP contribution in [0.2, 0.25) is 0 Å². The molecule has 0 aromatic heterocycles. The number of nitrogens with zero attached hydrogens (tertiary/aromatic N) is 1. The van der Waals surface area contributed by atoms with Crippen molar-refractivity contribution in [3.63, 3.8) is 0 Å². The van der Waals surface area contributed by atoms with E-state index >= 15 is 0 Å². The van der Waals surface area contributed by atoms with Crippen LogP contribution >= 0.6 is 0 Å². The molecule has 2 amide bonds. The Morgan fingerprint density at radius 3 is 2.33 bits per heavy atom. The monoisotopic (exact) mass is 687 g/mol. The summed E-state index contributed by atoms with van der Waals surface area (Å²) in [7, 11) is -3.63. The third-order valence-electron chi connectivity index (χ3n) is 9.61. The van der Waals surface area contributed by atoms with Crippen LogP contribution in [0.3, 0.4) is 0 Å². The molecular formula is C35H45N9O4S. The maximum absolute atomic E-state index is 13.7. The molecule has 1 saturated heterocycles. The first-order chi connectivity index (χ1) is 23.7. The number of benzene rings is 3. The molecule has 3 aromatic rings. The molecule has 2 heterocycles. The van der Waals surface area contributed by atoms with E-state index in [-0.39, 0.29) is 28.7 Å². The smallest absolute Gasteiger partial charge is 0.247 e. The van der Waals surface area contributed by atoms with Gasteiger partial charge in [0.05, 0.1) is 4.90 Å². The predicted molar refractivity (Wildman–Crippen MR) is 189 cm³/mol. The minimum atomic E-state index is -3.63. The molecule has 260 valence electrons. The van der Waals surface area contributed by atoms with Gasteiger partial charge in [0.2, 0.25) is 21.8 Å². The molecule has 1 saturated carbocycles. The number of amides is 2. The molecule has 0 radical (unpaired) electrons. The van der Waals surface area contributed by atoms with Crippen LogP contribution in [0.5, 0.6) is 0 Å². The lowest BCUT2D eigenvalue weighted by molar-refractivity contribution is -0.130. The molecule has 9 N–H and O–H groups in total. The third kappa shape index (κ3) is 8.64. The summed E-state index contributed by atoms with van der Waals surface area (Å²) in [6, 6.07) is 19.3. The maximum atomic E-state index is 13.7. The van der Waals surface area contributed by atoms with E-state index in [0.717, 1.165) is 66.5 Å². The Morgan fingerprint density at radius 2 is 1.69 bits per heavy atom. The van der Waals surface area contributed by atoms with Gasteiger partial charge in [0.15, 0.2) is 5.84 Å². The van der Waals surface area contributed by atoms with E-state index in [1.807, 2.05) is 49.4 Å². The number of anilines is 1. The number of hydrazine groups is 2. The van der Waals surface area contributed by atoms with Gasteiger partial charge in [-0.15, -0.1) is 10.6 Å². The second-order valence-corrected chi connectivity index (χ2v) is 14.8. The van der Waals surface area contributed by atoms with Crippen LogP contribution in [0, 0.1) is 18.8 Å². The summed E-state index contributed by atoms with van der Waals surface area (Å²) in [4.78, 5) is 27.3. The Hall–Kier alpha value is -4.34. The molecule has 0 spiro atoms. The Bertz CT molecular complexity index is 1770. The normalized spacial score (nSPS) is 21.3. The molecule has 49 heavy (non-hydrogen) atoms. The van der Waals surface area contributed by atoms with Gasteiger partial charge < -0.3 is 21.7 Å². The summed E-state index contributed by atoms with van der Waals surface area (Å²) in [6.07, 6.45) is 4.39. The van der Waals surface area contributed by atoms with Crippen LogP contribution in [-0.2, 0) is 26.0 Å². The Labute approximate surface area is 287 Å². The van der Waals surface area contributed by atoms with Crippen molar-refractivity contribution in [1.82, 2.24) is 31.9 Å². The van der Waals surface area contributed by atoms with E-state index in [1.165, 1.54) is 0 Å². The highest BCUT2D eigenvalue weighted by Gasteiger charge is 2.30. The van der Waals surface area contributed by atoms with Gasteiger partial charge in [-0.1, -0.05) is 30.3 Å². The van der Waals surface area contributed by atoms with E-state index in [0.29, 0.717) is 37.0 Å². The summed E-state index contributed by atoms with van der Waals surface area (Å²) < 4.78 is 28.7. The maximum Gasteiger partial charge on any atom is 0.247 e. The van der Waals surface area contributed by atoms with E-state index in [9.17, 15) is 18.0 Å². The standard InChI is InChI=1S/C35H45N9O4S/c1-22-18-30(49(47,48)42-29-16-17-37-21-29)14-15-31(22)25-6-2-23(3-7-25)19-32(39-34(45)27-8-4-24(20-36)5-9-27)35(46)38-28-12-10-26(11-13-28)33-40-43-44-41-33/h2-3,6-7,10-15,18,24,27,29,32,37,42-44H,4-5,8-9,16-17,19-21,36H2,1H3,(H,38,46)(H,39,45)(H,40,41). The third-order valence-corrected chi connectivity index (χ3v) is 11.1. The number of hydrogen-bond donors (Lipinski definition) is 8. The lowest BCUT2D eigenvalue weighted by Gasteiger charge is -2.28. The number of amidine groups is 1.